The van der Waals surface area contributed by atoms with Gasteiger partial charge in [-0.1, -0.05) is 23.8 Å². The Kier molecular flexibility index (Phi) is 4.78. The second-order valence-corrected chi connectivity index (χ2v) is 5.56. The zero-order valence-corrected chi connectivity index (χ0v) is 12.9. The lowest BCUT2D eigenvalue weighted by molar-refractivity contribution is 0.177. The summed E-state index contributed by atoms with van der Waals surface area (Å²) in [4.78, 5) is 0. The Morgan fingerprint density at radius 2 is 2.00 bits per heavy atom. The van der Waals surface area contributed by atoms with Crippen molar-refractivity contribution < 1.29 is 14.2 Å². The Morgan fingerprint density at radius 1 is 1.25 bits per heavy atom. The molecule has 0 aliphatic heterocycles. The van der Waals surface area contributed by atoms with Crippen LogP contribution in [0.5, 0.6) is 5.75 Å². The summed E-state index contributed by atoms with van der Waals surface area (Å²) in [7, 11) is 1.61. The van der Waals surface area contributed by atoms with Crippen LogP contribution in [0.2, 0.25) is 0 Å². The van der Waals surface area contributed by atoms with E-state index < -0.39 is 6.10 Å². The third-order valence-corrected chi connectivity index (χ3v) is 3.79. The van der Waals surface area contributed by atoms with Crippen LogP contribution in [-0.4, -0.2) is 12.2 Å². The summed E-state index contributed by atoms with van der Waals surface area (Å²) in [5.74, 6) is 0.407. The van der Waals surface area contributed by atoms with Gasteiger partial charge in [-0.3, -0.25) is 0 Å². The molecule has 0 radical (unpaired) electrons. The number of rotatable bonds is 4. The van der Waals surface area contributed by atoms with Crippen molar-refractivity contribution in [2.45, 2.75) is 19.4 Å². The zero-order chi connectivity index (χ0) is 14.7. The summed E-state index contributed by atoms with van der Waals surface area (Å²) in [6, 6.07) is 10.4. The van der Waals surface area contributed by atoms with Gasteiger partial charge in [0.25, 0.3) is 0 Å². The van der Waals surface area contributed by atoms with Gasteiger partial charge in [-0.25, -0.2) is 4.39 Å². The minimum Gasteiger partial charge on any atom is -0.496 e. The SMILES string of the molecule is COc1ccc(C)cc1CC(O)c1ccc(F)c(Br)c1. The molecule has 1 unspecified atom stereocenters. The number of hydrogen-bond donors (Lipinski definition) is 1. The minimum atomic E-state index is -0.706. The minimum absolute atomic E-state index is 0.339. The molecule has 0 aromatic heterocycles. The molecule has 0 fully saturated rings. The van der Waals surface area contributed by atoms with Gasteiger partial charge in [0.1, 0.15) is 11.6 Å². The van der Waals surface area contributed by atoms with Gasteiger partial charge < -0.3 is 9.84 Å². The maximum atomic E-state index is 13.2. The molecule has 4 heteroatoms. The lowest BCUT2D eigenvalue weighted by Gasteiger charge is -2.15. The smallest absolute Gasteiger partial charge is 0.137 e. The van der Waals surface area contributed by atoms with E-state index in [0.717, 1.165) is 16.9 Å². The van der Waals surface area contributed by atoms with Gasteiger partial charge in [0, 0.05) is 6.42 Å². The summed E-state index contributed by atoms with van der Waals surface area (Å²) >= 11 is 3.13. The third kappa shape index (κ3) is 3.38. The highest BCUT2D eigenvalue weighted by Crippen LogP contribution is 2.28. The normalized spacial score (nSPS) is 12.2. The number of aliphatic hydroxyl groups is 1. The van der Waals surface area contributed by atoms with E-state index in [9.17, 15) is 9.50 Å². The van der Waals surface area contributed by atoms with Gasteiger partial charge in [-0.15, -0.1) is 0 Å². The summed E-state index contributed by atoms with van der Waals surface area (Å²) in [6.07, 6.45) is -0.286. The van der Waals surface area contributed by atoms with Crippen LogP contribution in [0.15, 0.2) is 40.9 Å². The Labute approximate surface area is 126 Å². The molecular formula is C16H16BrFO2. The molecule has 0 spiro atoms. The van der Waals surface area contributed by atoms with E-state index in [-0.39, 0.29) is 5.82 Å². The van der Waals surface area contributed by atoms with Crippen molar-refractivity contribution in [2.75, 3.05) is 7.11 Å². The van der Waals surface area contributed by atoms with Crippen LogP contribution in [0.1, 0.15) is 22.8 Å². The number of benzene rings is 2. The van der Waals surface area contributed by atoms with Crippen molar-refractivity contribution in [3.8, 4) is 5.75 Å². The molecule has 0 bridgehead atoms. The van der Waals surface area contributed by atoms with E-state index in [1.807, 2.05) is 25.1 Å². The first-order valence-corrected chi connectivity index (χ1v) is 7.07. The van der Waals surface area contributed by atoms with Crippen molar-refractivity contribution >= 4 is 15.9 Å². The molecule has 2 rings (SSSR count). The zero-order valence-electron chi connectivity index (χ0n) is 11.4. The van der Waals surface area contributed by atoms with Gasteiger partial charge in [-0.2, -0.15) is 0 Å². The van der Waals surface area contributed by atoms with Crippen LogP contribution in [-0.2, 0) is 6.42 Å². The quantitative estimate of drug-likeness (QED) is 0.905. The summed E-state index contributed by atoms with van der Waals surface area (Å²) in [5, 5.41) is 10.3. The van der Waals surface area contributed by atoms with E-state index in [2.05, 4.69) is 15.9 Å². The van der Waals surface area contributed by atoms with Crippen LogP contribution in [0.4, 0.5) is 4.39 Å². The van der Waals surface area contributed by atoms with Gasteiger partial charge in [0.15, 0.2) is 0 Å². The summed E-state index contributed by atoms with van der Waals surface area (Å²) in [5.41, 5.74) is 2.70. The maximum Gasteiger partial charge on any atom is 0.137 e. The predicted octanol–water partition coefficient (Wildman–Crippen LogP) is 4.18. The number of halogens is 2. The molecule has 106 valence electrons. The first kappa shape index (κ1) is 15.0. The first-order valence-electron chi connectivity index (χ1n) is 6.28. The molecular weight excluding hydrogens is 323 g/mol. The first-order chi connectivity index (χ1) is 9.51. The monoisotopic (exact) mass is 338 g/mol. The molecule has 0 aliphatic carbocycles. The molecule has 0 amide bonds. The van der Waals surface area contributed by atoms with Crippen molar-refractivity contribution in [1.82, 2.24) is 0 Å². The molecule has 1 N–H and O–H groups in total. The fraction of sp³-hybridized carbons (Fsp3) is 0.250. The summed E-state index contributed by atoms with van der Waals surface area (Å²) < 4.78 is 18.9. The number of ether oxygens (including phenoxy) is 1. The van der Waals surface area contributed by atoms with Crippen LogP contribution in [0, 0.1) is 12.7 Å². The average Bonchev–Trinajstić information content (AvgIpc) is 2.42. The molecule has 20 heavy (non-hydrogen) atoms. The van der Waals surface area contributed by atoms with Crippen molar-refractivity contribution in [2.24, 2.45) is 0 Å². The standard InChI is InChI=1S/C16H16BrFO2/c1-10-3-6-16(20-2)12(7-10)9-15(19)11-4-5-14(18)13(17)8-11/h3-8,15,19H,9H2,1-2H3. The van der Waals surface area contributed by atoms with Crippen LogP contribution >= 0.6 is 15.9 Å². The fourth-order valence-corrected chi connectivity index (χ4v) is 2.51. The molecule has 2 aromatic carbocycles. The van der Waals surface area contributed by atoms with Crippen LogP contribution in [0.3, 0.4) is 0 Å². The lowest BCUT2D eigenvalue weighted by atomic mass is 9.99. The maximum absolute atomic E-state index is 13.2. The van der Waals surface area contributed by atoms with Gasteiger partial charge >= 0.3 is 0 Å². The average molecular weight is 339 g/mol. The van der Waals surface area contributed by atoms with E-state index in [1.54, 1.807) is 19.2 Å². The van der Waals surface area contributed by atoms with Crippen LogP contribution < -0.4 is 4.74 Å². The van der Waals surface area contributed by atoms with Crippen LogP contribution in [0.25, 0.3) is 0 Å². The number of aryl methyl sites for hydroxylation is 1. The molecule has 2 aromatic rings. The molecule has 0 heterocycles. The van der Waals surface area contributed by atoms with E-state index in [1.165, 1.54) is 6.07 Å². The summed E-state index contributed by atoms with van der Waals surface area (Å²) in [6.45, 7) is 1.99. The highest BCUT2D eigenvalue weighted by molar-refractivity contribution is 9.10. The number of aliphatic hydroxyl groups excluding tert-OH is 1. The Morgan fingerprint density at radius 3 is 2.65 bits per heavy atom. The van der Waals surface area contributed by atoms with Gasteiger partial charge in [0.05, 0.1) is 17.7 Å². The largest absolute Gasteiger partial charge is 0.496 e. The Balaban J connectivity index is 2.24. The molecule has 2 nitrogen and oxygen atoms in total. The van der Waals surface area contributed by atoms with Gasteiger partial charge in [-0.05, 0) is 52.2 Å². The highest BCUT2D eigenvalue weighted by atomic mass is 79.9. The molecule has 1 atom stereocenters. The topological polar surface area (TPSA) is 29.5 Å². The number of methoxy groups -OCH3 is 1. The highest BCUT2D eigenvalue weighted by Gasteiger charge is 2.13. The van der Waals surface area contributed by atoms with E-state index in [4.69, 9.17) is 4.74 Å². The Hall–Kier alpha value is -1.39. The molecule has 0 saturated heterocycles. The Bertz CT molecular complexity index is 613. The second kappa shape index (κ2) is 6.37. The second-order valence-electron chi connectivity index (χ2n) is 4.71. The van der Waals surface area contributed by atoms with Crippen molar-refractivity contribution in [1.29, 1.82) is 0 Å². The third-order valence-electron chi connectivity index (χ3n) is 3.18. The van der Waals surface area contributed by atoms with Crippen molar-refractivity contribution in [3.05, 3.63) is 63.4 Å². The van der Waals surface area contributed by atoms with Gasteiger partial charge in [0.2, 0.25) is 0 Å². The molecule has 0 aliphatic rings. The fourth-order valence-electron chi connectivity index (χ4n) is 2.11. The van der Waals surface area contributed by atoms with E-state index >= 15 is 0 Å². The van der Waals surface area contributed by atoms with Crippen molar-refractivity contribution in [3.63, 3.8) is 0 Å². The number of hydrogen-bond acceptors (Lipinski definition) is 2. The lowest BCUT2D eigenvalue weighted by Crippen LogP contribution is -2.04. The predicted molar refractivity (Wildman–Crippen MR) is 80.5 cm³/mol. The molecule has 0 saturated carbocycles. The van der Waals surface area contributed by atoms with E-state index in [0.29, 0.717) is 16.5 Å².